The molecule has 0 bridgehead atoms. The van der Waals surface area contributed by atoms with Crippen molar-refractivity contribution in [3.05, 3.63) is 29.1 Å². The van der Waals surface area contributed by atoms with Gasteiger partial charge < -0.3 is 10.2 Å². The number of anilines is 1. The summed E-state index contributed by atoms with van der Waals surface area (Å²) in [5, 5.41) is 2.62. The summed E-state index contributed by atoms with van der Waals surface area (Å²) < 4.78 is 13.2. The maximum Gasteiger partial charge on any atom is 0.321 e. The third-order valence-electron chi connectivity index (χ3n) is 2.38. The van der Waals surface area contributed by atoms with Crippen LogP contribution in [0.1, 0.15) is 25.0 Å². The average molecular weight is 224 g/mol. The fraction of sp³-hybridized carbons (Fsp3) is 0.417. The molecular weight excluding hydrogens is 207 g/mol. The molecule has 1 aliphatic rings. The first-order valence-corrected chi connectivity index (χ1v) is 5.39. The number of hydrogen-bond donors (Lipinski definition) is 1. The van der Waals surface area contributed by atoms with E-state index in [4.69, 9.17) is 0 Å². The molecule has 1 aromatic carbocycles. The maximum atomic E-state index is 13.2. The van der Waals surface area contributed by atoms with Gasteiger partial charge in [-0.1, -0.05) is 13.8 Å². The van der Waals surface area contributed by atoms with E-state index in [1.54, 1.807) is 24.9 Å². The van der Waals surface area contributed by atoms with E-state index in [2.05, 4.69) is 5.32 Å². The zero-order valence-corrected chi connectivity index (χ0v) is 10.1. The number of fused-ring (bicyclic) bond motifs is 1. The normalized spacial score (nSPS) is 13.6. The van der Waals surface area contributed by atoms with Crippen LogP contribution in [0.5, 0.6) is 0 Å². The van der Waals surface area contributed by atoms with Gasteiger partial charge in [0, 0.05) is 13.6 Å². The lowest BCUT2D eigenvalue weighted by Gasteiger charge is -2.26. The molecule has 0 fully saturated rings. The number of rotatable bonds is 0. The van der Waals surface area contributed by atoms with E-state index in [1.807, 2.05) is 13.8 Å². The molecule has 2 amide bonds. The summed E-state index contributed by atoms with van der Waals surface area (Å²) in [6, 6.07) is 2.94. The third kappa shape index (κ3) is 2.32. The van der Waals surface area contributed by atoms with Gasteiger partial charge in [0.2, 0.25) is 0 Å². The Kier molecular flexibility index (Phi) is 3.88. The first-order valence-electron chi connectivity index (χ1n) is 5.39. The molecule has 1 heterocycles. The summed E-state index contributed by atoms with van der Waals surface area (Å²) in [4.78, 5) is 12.8. The first kappa shape index (κ1) is 12.5. The van der Waals surface area contributed by atoms with Crippen molar-refractivity contribution in [2.45, 2.75) is 27.3 Å². The Labute approximate surface area is 95.3 Å². The largest absolute Gasteiger partial charge is 0.323 e. The van der Waals surface area contributed by atoms with Crippen LogP contribution in [0.3, 0.4) is 0 Å². The van der Waals surface area contributed by atoms with Gasteiger partial charge in [-0.25, -0.2) is 9.18 Å². The Morgan fingerprint density at radius 1 is 1.38 bits per heavy atom. The van der Waals surface area contributed by atoms with Crippen LogP contribution in [0.15, 0.2) is 12.1 Å². The highest BCUT2D eigenvalue weighted by atomic mass is 19.1. The van der Waals surface area contributed by atoms with Crippen LogP contribution in [0.4, 0.5) is 14.9 Å². The van der Waals surface area contributed by atoms with Crippen molar-refractivity contribution in [2.24, 2.45) is 0 Å². The number of benzene rings is 1. The molecule has 16 heavy (non-hydrogen) atoms. The van der Waals surface area contributed by atoms with Crippen LogP contribution < -0.4 is 5.32 Å². The lowest BCUT2D eigenvalue weighted by molar-refractivity contribution is 0.218. The Morgan fingerprint density at radius 3 is 2.62 bits per heavy atom. The Morgan fingerprint density at radius 2 is 2.00 bits per heavy atom. The Bertz CT molecular complexity index is 404. The van der Waals surface area contributed by atoms with E-state index in [-0.39, 0.29) is 11.8 Å². The van der Waals surface area contributed by atoms with E-state index in [9.17, 15) is 9.18 Å². The highest BCUT2D eigenvalue weighted by molar-refractivity contribution is 5.92. The van der Waals surface area contributed by atoms with Crippen molar-refractivity contribution in [2.75, 3.05) is 12.4 Å². The number of carbonyl (C=O) groups excluding carboxylic acids is 1. The molecule has 0 unspecified atom stereocenters. The highest BCUT2D eigenvalue weighted by Crippen LogP contribution is 2.25. The SMILES string of the molecule is CC.Cc1cc2c(cc1F)NC(=O)N(C)C2. The van der Waals surface area contributed by atoms with Crippen molar-refractivity contribution in [3.8, 4) is 0 Å². The van der Waals surface area contributed by atoms with Crippen LogP contribution in [0, 0.1) is 12.7 Å². The molecule has 0 radical (unpaired) electrons. The van der Waals surface area contributed by atoms with Crippen molar-refractivity contribution < 1.29 is 9.18 Å². The van der Waals surface area contributed by atoms with Gasteiger partial charge in [-0.15, -0.1) is 0 Å². The van der Waals surface area contributed by atoms with Gasteiger partial charge in [0.25, 0.3) is 0 Å². The van der Waals surface area contributed by atoms with E-state index in [0.717, 1.165) is 5.56 Å². The topological polar surface area (TPSA) is 32.3 Å². The molecule has 1 aliphatic heterocycles. The van der Waals surface area contributed by atoms with Crippen LogP contribution in [-0.2, 0) is 6.54 Å². The molecule has 4 heteroatoms. The second-order valence-corrected chi connectivity index (χ2v) is 3.54. The van der Waals surface area contributed by atoms with Gasteiger partial charge in [-0.3, -0.25) is 0 Å². The third-order valence-corrected chi connectivity index (χ3v) is 2.38. The van der Waals surface area contributed by atoms with Crippen molar-refractivity contribution in [3.63, 3.8) is 0 Å². The maximum absolute atomic E-state index is 13.2. The van der Waals surface area contributed by atoms with Crippen LogP contribution in [0.2, 0.25) is 0 Å². The van der Waals surface area contributed by atoms with Gasteiger partial charge >= 0.3 is 6.03 Å². The summed E-state index contributed by atoms with van der Waals surface area (Å²) >= 11 is 0. The molecule has 1 N–H and O–H groups in total. The summed E-state index contributed by atoms with van der Waals surface area (Å²) in [5.41, 5.74) is 2.13. The molecule has 1 aromatic rings. The quantitative estimate of drug-likeness (QED) is 0.721. The summed E-state index contributed by atoms with van der Waals surface area (Å²) in [6.45, 7) is 6.24. The minimum absolute atomic E-state index is 0.194. The predicted octanol–water partition coefficient (Wildman–Crippen LogP) is 3.14. The second kappa shape index (κ2) is 4.96. The fourth-order valence-electron chi connectivity index (χ4n) is 1.53. The van der Waals surface area contributed by atoms with Crippen molar-refractivity contribution in [1.29, 1.82) is 0 Å². The molecule has 0 spiro atoms. The van der Waals surface area contributed by atoms with Crippen molar-refractivity contribution in [1.82, 2.24) is 4.90 Å². The first-order chi connectivity index (χ1) is 7.58. The van der Waals surface area contributed by atoms with Gasteiger partial charge in [0.05, 0.1) is 5.69 Å². The lowest BCUT2D eigenvalue weighted by atomic mass is 10.1. The molecule has 0 atom stereocenters. The van der Waals surface area contributed by atoms with Gasteiger partial charge in [-0.2, -0.15) is 0 Å². The van der Waals surface area contributed by atoms with Crippen molar-refractivity contribution >= 4 is 11.7 Å². The lowest BCUT2D eigenvalue weighted by Crippen LogP contribution is -2.35. The number of halogens is 1. The Hall–Kier alpha value is -1.58. The molecule has 3 nitrogen and oxygen atoms in total. The number of hydrogen-bond acceptors (Lipinski definition) is 1. The van der Waals surface area contributed by atoms with Gasteiger partial charge in [0.15, 0.2) is 0 Å². The molecule has 0 aromatic heterocycles. The minimum atomic E-state index is -0.284. The summed E-state index contributed by atoms with van der Waals surface area (Å²) in [7, 11) is 1.71. The van der Waals surface area contributed by atoms with Crippen LogP contribution >= 0.6 is 0 Å². The number of nitrogens with zero attached hydrogens (tertiary/aromatic N) is 1. The van der Waals surface area contributed by atoms with Crippen LogP contribution in [0.25, 0.3) is 0 Å². The monoisotopic (exact) mass is 224 g/mol. The molecule has 2 rings (SSSR count). The van der Waals surface area contributed by atoms with E-state index >= 15 is 0 Å². The summed E-state index contributed by atoms with van der Waals surface area (Å²) in [5.74, 6) is -0.284. The van der Waals surface area contributed by atoms with E-state index in [0.29, 0.717) is 17.8 Å². The summed E-state index contributed by atoms with van der Waals surface area (Å²) in [6.07, 6.45) is 0. The molecule has 0 saturated carbocycles. The van der Waals surface area contributed by atoms with E-state index < -0.39 is 0 Å². The van der Waals surface area contributed by atoms with Gasteiger partial charge in [-0.05, 0) is 30.2 Å². The van der Waals surface area contributed by atoms with Gasteiger partial charge in [0.1, 0.15) is 5.82 Å². The van der Waals surface area contributed by atoms with E-state index in [1.165, 1.54) is 6.07 Å². The minimum Gasteiger partial charge on any atom is -0.323 e. The molecule has 0 saturated heterocycles. The number of amides is 2. The van der Waals surface area contributed by atoms with Crippen LogP contribution in [-0.4, -0.2) is 18.0 Å². The molecule has 88 valence electrons. The molecule has 0 aliphatic carbocycles. The zero-order chi connectivity index (χ0) is 12.3. The fourth-order valence-corrected chi connectivity index (χ4v) is 1.53. The number of nitrogens with one attached hydrogen (secondary N) is 1. The highest BCUT2D eigenvalue weighted by Gasteiger charge is 2.20. The second-order valence-electron chi connectivity index (χ2n) is 3.54. The zero-order valence-electron chi connectivity index (χ0n) is 10.1. The number of urea groups is 1. The standard InChI is InChI=1S/C10H11FN2O.C2H6/c1-6-3-7-5-13(2)10(14)12-9(7)4-8(6)11;1-2/h3-4H,5H2,1-2H3,(H,12,14);1-2H3. The number of carbonyl (C=O) groups is 1. The smallest absolute Gasteiger partial charge is 0.321 e. The Balaban J connectivity index is 0.000000606. The number of aryl methyl sites for hydroxylation is 1. The predicted molar refractivity (Wildman–Crippen MR) is 63.0 cm³/mol. The average Bonchev–Trinajstić information content (AvgIpc) is 2.26. The molecular formula is C12H17FN2O.